The van der Waals surface area contributed by atoms with Gasteiger partial charge in [0.15, 0.2) is 5.78 Å². The number of carbonyl (C=O) groups is 1. The largest absolute Gasteiger partial charge is 0.488 e. The number of carbonyl (C=O) groups excluding carboxylic acids is 1. The van der Waals surface area contributed by atoms with Crippen LogP contribution >= 0.6 is 0 Å². The van der Waals surface area contributed by atoms with Gasteiger partial charge in [-0.05, 0) is 53.8 Å². The fourth-order valence-electron chi connectivity index (χ4n) is 3.22. The zero-order valence-electron chi connectivity index (χ0n) is 11.6. The van der Waals surface area contributed by atoms with E-state index >= 15 is 0 Å². The van der Waals surface area contributed by atoms with E-state index in [9.17, 15) is 4.79 Å². The van der Waals surface area contributed by atoms with Crippen LogP contribution in [0.25, 0.3) is 11.1 Å². The van der Waals surface area contributed by atoms with Crippen LogP contribution in [0.4, 0.5) is 0 Å². The SMILES string of the molecule is C#Cc1ccc2c(c1)COc1cc3c(cc1-2)CCCC3=O. The molecule has 0 fully saturated rings. The van der Waals surface area contributed by atoms with Gasteiger partial charge in [-0.3, -0.25) is 4.79 Å². The molecule has 0 radical (unpaired) electrons. The molecule has 2 nitrogen and oxygen atoms in total. The quantitative estimate of drug-likeness (QED) is 0.684. The molecule has 102 valence electrons. The molecule has 2 heteroatoms. The number of hydrogen-bond donors (Lipinski definition) is 0. The maximum atomic E-state index is 12.0. The lowest BCUT2D eigenvalue weighted by atomic mass is 9.86. The fraction of sp³-hybridized carbons (Fsp3) is 0.211. The minimum absolute atomic E-state index is 0.233. The minimum atomic E-state index is 0.233. The highest BCUT2D eigenvalue weighted by Gasteiger charge is 2.24. The van der Waals surface area contributed by atoms with Gasteiger partial charge in [0.1, 0.15) is 12.4 Å². The van der Waals surface area contributed by atoms with Crippen molar-refractivity contribution in [1.29, 1.82) is 0 Å². The second-order valence-corrected chi connectivity index (χ2v) is 5.59. The van der Waals surface area contributed by atoms with Gasteiger partial charge in [-0.1, -0.05) is 12.0 Å². The summed E-state index contributed by atoms with van der Waals surface area (Å²) in [5.41, 5.74) is 6.20. The van der Waals surface area contributed by atoms with E-state index in [-0.39, 0.29) is 5.78 Å². The number of benzene rings is 2. The van der Waals surface area contributed by atoms with E-state index in [1.165, 1.54) is 0 Å². The first-order valence-corrected chi connectivity index (χ1v) is 7.19. The molecule has 0 saturated carbocycles. The number of fused-ring (bicyclic) bond motifs is 4. The van der Waals surface area contributed by atoms with Gasteiger partial charge >= 0.3 is 0 Å². The first kappa shape index (κ1) is 12.2. The number of rotatable bonds is 0. The molecule has 21 heavy (non-hydrogen) atoms. The van der Waals surface area contributed by atoms with Crippen molar-refractivity contribution in [2.45, 2.75) is 25.9 Å². The van der Waals surface area contributed by atoms with Gasteiger partial charge in [-0.2, -0.15) is 0 Å². The molecule has 0 bridgehead atoms. The van der Waals surface area contributed by atoms with Crippen LogP contribution in [-0.2, 0) is 13.0 Å². The number of hydrogen-bond acceptors (Lipinski definition) is 2. The van der Waals surface area contributed by atoms with Gasteiger partial charge < -0.3 is 4.74 Å². The maximum absolute atomic E-state index is 12.0. The average Bonchev–Trinajstić information content (AvgIpc) is 2.53. The van der Waals surface area contributed by atoms with Crippen molar-refractivity contribution >= 4 is 5.78 Å². The van der Waals surface area contributed by atoms with Gasteiger partial charge in [0.2, 0.25) is 0 Å². The average molecular weight is 274 g/mol. The lowest BCUT2D eigenvalue weighted by Crippen LogP contribution is -2.13. The Balaban J connectivity index is 1.91. The van der Waals surface area contributed by atoms with Crippen LogP contribution in [0.3, 0.4) is 0 Å². The Morgan fingerprint density at radius 2 is 1.90 bits per heavy atom. The molecule has 0 saturated heterocycles. The Morgan fingerprint density at radius 1 is 1.00 bits per heavy atom. The molecule has 2 aromatic carbocycles. The predicted octanol–water partition coefficient (Wildman–Crippen LogP) is 3.75. The monoisotopic (exact) mass is 274 g/mol. The van der Waals surface area contributed by atoms with Crippen molar-refractivity contribution in [3.05, 3.63) is 52.6 Å². The summed E-state index contributed by atoms with van der Waals surface area (Å²) in [6.07, 6.45) is 8.01. The normalized spacial score (nSPS) is 15.3. The van der Waals surface area contributed by atoms with Crippen molar-refractivity contribution in [1.82, 2.24) is 0 Å². The molecule has 0 amide bonds. The van der Waals surface area contributed by atoms with Crippen LogP contribution in [0.2, 0.25) is 0 Å². The van der Waals surface area contributed by atoms with Gasteiger partial charge in [0, 0.05) is 23.1 Å². The summed E-state index contributed by atoms with van der Waals surface area (Å²) in [5.74, 6) is 3.70. The van der Waals surface area contributed by atoms with E-state index in [1.54, 1.807) is 0 Å². The van der Waals surface area contributed by atoms with Crippen LogP contribution < -0.4 is 4.74 Å². The number of Topliss-reactive ketones (excluding diaryl/α,β-unsaturated/α-hetero) is 1. The van der Waals surface area contributed by atoms with Crippen LogP contribution in [0.5, 0.6) is 5.75 Å². The summed E-state index contributed by atoms with van der Waals surface area (Å²) >= 11 is 0. The lowest BCUT2D eigenvalue weighted by molar-refractivity contribution is 0.0972. The smallest absolute Gasteiger partial charge is 0.163 e. The Bertz CT molecular complexity index is 809. The van der Waals surface area contributed by atoms with E-state index in [0.29, 0.717) is 13.0 Å². The molecule has 0 N–H and O–H groups in total. The molecule has 1 aliphatic carbocycles. The van der Waals surface area contributed by atoms with Crippen LogP contribution in [-0.4, -0.2) is 5.78 Å². The minimum Gasteiger partial charge on any atom is -0.488 e. The lowest BCUT2D eigenvalue weighted by Gasteiger charge is -2.24. The van der Waals surface area contributed by atoms with Crippen molar-refractivity contribution in [2.24, 2.45) is 0 Å². The molecule has 0 unspecified atom stereocenters. The van der Waals surface area contributed by atoms with Crippen molar-refractivity contribution in [2.75, 3.05) is 0 Å². The van der Waals surface area contributed by atoms with Gasteiger partial charge in [-0.15, -0.1) is 6.42 Å². The molecule has 0 spiro atoms. The van der Waals surface area contributed by atoms with Crippen LogP contribution in [0.15, 0.2) is 30.3 Å². The third kappa shape index (κ3) is 1.86. The predicted molar refractivity (Wildman–Crippen MR) is 81.4 cm³/mol. The first-order valence-electron chi connectivity index (χ1n) is 7.19. The first-order chi connectivity index (χ1) is 10.3. The molecule has 2 aromatic rings. The third-order valence-corrected chi connectivity index (χ3v) is 4.30. The van der Waals surface area contributed by atoms with Crippen LogP contribution in [0, 0.1) is 12.3 Å². The van der Waals surface area contributed by atoms with Crippen molar-refractivity contribution < 1.29 is 9.53 Å². The van der Waals surface area contributed by atoms with Gasteiger partial charge in [0.25, 0.3) is 0 Å². The molecular weight excluding hydrogens is 260 g/mol. The molecule has 4 rings (SSSR count). The van der Waals surface area contributed by atoms with E-state index < -0.39 is 0 Å². The Labute approximate surface area is 123 Å². The third-order valence-electron chi connectivity index (χ3n) is 4.30. The van der Waals surface area contributed by atoms with Gasteiger partial charge in [-0.25, -0.2) is 0 Å². The van der Waals surface area contributed by atoms with E-state index in [1.807, 2.05) is 18.2 Å². The summed E-state index contributed by atoms with van der Waals surface area (Å²) in [6.45, 7) is 0.505. The zero-order chi connectivity index (χ0) is 14.4. The molecular formula is C19H14O2. The van der Waals surface area contributed by atoms with E-state index in [4.69, 9.17) is 11.2 Å². The van der Waals surface area contributed by atoms with Crippen molar-refractivity contribution in [3.63, 3.8) is 0 Å². The fourth-order valence-corrected chi connectivity index (χ4v) is 3.22. The molecule has 1 heterocycles. The zero-order valence-corrected chi connectivity index (χ0v) is 11.6. The number of terminal acetylenes is 1. The van der Waals surface area contributed by atoms with Gasteiger partial charge in [0.05, 0.1) is 0 Å². The Hall–Kier alpha value is -2.53. The summed E-state index contributed by atoms with van der Waals surface area (Å²) in [5, 5.41) is 0. The second-order valence-electron chi connectivity index (χ2n) is 5.59. The molecule has 1 aliphatic heterocycles. The summed E-state index contributed by atoms with van der Waals surface area (Å²) in [6, 6.07) is 10.1. The molecule has 2 aliphatic rings. The highest BCUT2D eigenvalue weighted by atomic mass is 16.5. The Kier molecular flexibility index (Phi) is 2.62. The number of ether oxygens (including phenoxy) is 1. The van der Waals surface area contributed by atoms with Crippen molar-refractivity contribution in [3.8, 4) is 29.2 Å². The number of ketones is 1. The summed E-state index contributed by atoms with van der Waals surface area (Å²) < 4.78 is 5.84. The molecule has 0 aromatic heterocycles. The topological polar surface area (TPSA) is 26.3 Å². The highest BCUT2D eigenvalue weighted by Crippen LogP contribution is 2.41. The molecule has 0 atom stereocenters. The number of aryl methyl sites for hydroxylation is 1. The maximum Gasteiger partial charge on any atom is 0.163 e. The standard InChI is InChI=1S/C19H14O2/c1-2-12-6-7-15-14(8-12)11-21-19-10-16-13(9-17(15)19)4-3-5-18(16)20/h1,6-10H,3-5,11H2. The Morgan fingerprint density at radius 3 is 2.76 bits per heavy atom. The van der Waals surface area contributed by atoms with Crippen LogP contribution in [0.1, 0.15) is 39.9 Å². The second kappa shape index (κ2) is 4.49. The summed E-state index contributed by atoms with van der Waals surface area (Å²) in [7, 11) is 0. The highest BCUT2D eigenvalue weighted by molar-refractivity contribution is 6.00. The van der Waals surface area contributed by atoms with E-state index in [2.05, 4.69) is 18.1 Å². The van der Waals surface area contributed by atoms with E-state index in [0.717, 1.165) is 52.0 Å². The summed E-state index contributed by atoms with van der Waals surface area (Å²) in [4.78, 5) is 12.0.